The van der Waals surface area contributed by atoms with E-state index in [4.69, 9.17) is 0 Å². The van der Waals surface area contributed by atoms with Gasteiger partial charge >= 0.3 is 0 Å². The molecule has 1 aromatic rings. The van der Waals surface area contributed by atoms with Gasteiger partial charge in [-0.15, -0.1) is 11.3 Å². The SMILES string of the molecule is CN(CCNCc1cc(Br)cs1)CCN1CCCC1. The third-order valence-corrected chi connectivity index (χ3v) is 5.29. The van der Waals surface area contributed by atoms with Crippen molar-refractivity contribution >= 4 is 27.3 Å². The van der Waals surface area contributed by atoms with Crippen LogP contribution in [0.15, 0.2) is 15.9 Å². The van der Waals surface area contributed by atoms with Crippen molar-refractivity contribution < 1.29 is 0 Å². The Morgan fingerprint density at radius 1 is 1.37 bits per heavy atom. The fourth-order valence-corrected chi connectivity index (χ4v) is 3.78. The molecular formula is C14H24BrN3S. The molecule has 2 rings (SSSR count). The van der Waals surface area contributed by atoms with Gasteiger partial charge < -0.3 is 15.1 Å². The van der Waals surface area contributed by atoms with Gasteiger partial charge in [0, 0.05) is 47.5 Å². The smallest absolute Gasteiger partial charge is 0.0300 e. The topological polar surface area (TPSA) is 18.5 Å². The Hall–Kier alpha value is 0.0600. The van der Waals surface area contributed by atoms with Gasteiger partial charge in [-0.05, 0) is 55.0 Å². The summed E-state index contributed by atoms with van der Waals surface area (Å²) < 4.78 is 1.19. The number of rotatable bonds is 8. The summed E-state index contributed by atoms with van der Waals surface area (Å²) in [4.78, 5) is 6.40. The highest BCUT2D eigenvalue weighted by molar-refractivity contribution is 9.10. The Labute approximate surface area is 129 Å². The summed E-state index contributed by atoms with van der Waals surface area (Å²) in [5, 5.41) is 5.65. The molecule has 3 nitrogen and oxygen atoms in total. The third kappa shape index (κ3) is 5.92. The van der Waals surface area contributed by atoms with E-state index in [0.29, 0.717) is 0 Å². The Kier molecular flexibility index (Phi) is 6.81. The predicted molar refractivity (Wildman–Crippen MR) is 86.9 cm³/mol. The zero-order valence-electron chi connectivity index (χ0n) is 11.7. The monoisotopic (exact) mass is 345 g/mol. The lowest BCUT2D eigenvalue weighted by atomic mass is 10.4. The first-order chi connectivity index (χ1) is 9.24. The average molecular weight is 346 g/mol. The Bertz CT molecular complexity index is 363. The molecule has 0 atom stereocenters. The number of nitrogens with zero attached hydrogens (tertiary/aromatic N) is 2. The number of likely N-dealkylation sites (N-methyl/N-ethyl adjacent to an activating group) is 1. The minimum Gasteiger partial charge on any atom is -0.311 e. The summed E-state index contributed by atoms with van der Waals surface area (Å²) in [6.07, 6.45) is 2.78. The van der Waals surface area contributed by atoms with Crippen LogP contribution in [0.3, 0.4) is 0 Å². The first-order valence-corrected chi connectivity index (χ1v) is 8.76. The normalized spacial score (nSPS) is 16.6. The fourth-order valence-electron chi connectivity index (χ4n) is 2.36. The maximum Gasteiger partial charge on any atom is 0.0300 e. The molecule has 1 aliphatic heterocycles. The van der Waals surface area contributed by atoms with Crippen LogP contribution in [0.25, 0.3) is 0 Å². The second-order valence-corrected chi connectivity index (χ2v) is 7.17. The summed E-state index contributed by atoms with van der Waals surface area (Å²) >= 11 is 5.29. The summed E-state index contributed by atoms with van der Waals surface area (Å²) in [5.41, 5.74) is 0. The Morgan fingerprint density at radius 2 is 2.16 bits per heavy atom. The maximum absolute atomic E-state index is 3.51. The molecule has 1 saturated heterocycles. The molecular weight excluding hydrogens is 322 g/mol. The molecule has 0 unspecified atom stereocenters. The number of hydrogen-bond acceptors (Lipinski definition) is 4. The Balaban J connectivity index is 1.50. The van der Waals surface area contributed by atoms with Crippen LogP contribution in [0.5, 0.6) is 0 Å². The van der Waals surface area contributed by atoms with Gasteiger partial charge in [-0.3, -0.25) is 0 Å². The second kappa shape index (κ2) is 8.37. The molecule has 1 fully saturated rings. The molecule has 0 amide bonds. The minimum atomic E-state index is 0.982. The van der Waals surface area contributed by atoms with Crippen molar-refractivity contribution in [2.24, 2.45) is 0 Å². The van der Waals surface area contributed by atoms with E-state index < -0.39 is 0 Å². The molecule has 1 N–H and O–H groups in total. The van der Waals surface area contributed by atoms with Gasteiger partial charge in [-0.25, -0.2) is 0 Å². The van der Waals surface area contributed by atoms with Crippen LogP contribution >= 0.6 is 27.3 Å². The molecule has 1 aromatic heterocycles. The molecule has 2 heterocycles. The van der Waals surface area contributed by atoms with Crippen LogP contribution in [0.1, 0.15) is 17.7 Å². The third-order valence-electron chi connectivity index (χ3n) is 3.59. The number of likely N-dealkylation sites (tertiary alicyclic amines) is 1. The first-order valence-electron chi connectivity index (χ1n) is 7.08. The summed E-state index contributed by atoms with van der Waals surface area (Å²) in [6, 6.07) is 2.19. The van der Waals surface area contributed by atoms with E-state index in [-0.39, 0.29) is 0 Å². The van der Waals surface area contributed by atoms with Crippen molar-refractivity contribution in [2.75, 3.05) is 46.3 Å². The van der Waals surface area contributed by atoms with Crippen LogP contribution in [0.4, 0.5) is 0 Å². The van der Waals surface area contributed by atoms with Crippen LogP contribution in [0, 0.1) is 0 Å². The van der Waals surface area contributed by atoms with Crippen molar-refractivity contribution in [1.82, 2.24) is 15.1 Å². The molecule has 0 aromatic carbocycles. The van der Waals surface area contributed by atoms with Gasteiger partial charge in [-0.1, -0.05) is 0 Å². The lowest BCUT2D eigenvalue weighted by Gasteiger charge is -2.21. The van der Waals surface area contributed by atoms with Crippen LogP contribution in [0.2, 0.25) is 0 Å². The largest absolute Gasteiger partial charge is 0.311 e. The molecule has 0 bridgehead atoms. The predicted octanol–water partition coefficient (Wildman–Crippen LogP) is 2.63. The maximum atomic E-state index is 3.51. The highest BCUT2D eigenvalue weighted by Crippen LogP contribution is 2.19. The second-order valence-electron chi connectivity index (χ2n) is 5.26. The van der Waals surface area contributed by atoms with Crippen LogP contribution < -0.4 is 5.32 Å². The van der Waals surface area contributed by atoms with E-state index in [1.807, 2.05) is 0 Å². The van der Waals surface area contributed by atoms with E-state index in [9.17, 15) is 0 Å². The van der Waals surface area contributed by atoms with Gasteiger partial charge in [0.05, 0.1) is 0 Å². The van der Waals surface area contributed by atoms with Crippen molar-refractivity contribution in [1.29, 1.82) is 0 Å². The molecule has 0 spiro atoms. The van der Waals surface area contributed by atoms with Crippen LogP contribution in [-0.4, -0.2) is 56.1 Å². The van der Waals surface area contributed by atoms with Crippen molar-refractivity contribution in [3.8, 4) is 0 Å². The van der Waals surface area contributed by atoms with Gasteiger partial charge in [0.15, 0.2) is 0 Å². The zero-order valence-corrected chi connectivity index (χ0v) is 14.1. The summed E-state index contributed by atoms with van der Waals surface area (Å²) in [7, 11) is 2.22. The van der Waals surface area contributed by atoms with Crippen molar-refractivity contribution in [2.45, 2.75) is 19.4 Å². The van der Waals surface area contributed by atoms with Gasteiger partial charge in [-0.2, -0.15) is 0 Å². The summed E-state index contributed by atoms with van der Waals surface area (Å²) in [5.74, 6) is 0. The lowest BCUT2D eigenvalue weighted by Crippen LogP contribution is -2.35. The number of hydrogen-bond donors (Lipinski definition) is 1. The first kappa shape index (κ1) is 15.4. The molecule has 0 saturated carbocycles. The highest BCUT2D eigenvalue weighted by atomic mass is 79.9. The number of thiophene rings is 1. The number of halogens is 1. The van der Waals surface area contributed by atoms with Crippen molar-refractivity contribution in [3.05, 3.63) is 20.8 Å². The van der Waals surface area contributed by atoms with E-state index >= 15 is 0 Å². The van der Waals surface area contributed by atoms with Gasteiger partial charge in [0.1, 0.15) is 0 Å². The summed E-state index contributed by atoms with van der Waals surface area (Å²) in [6.45, 7) is 8.20. The molecule has 0 radical (unpaired) electrons. The van der Waals surface area contributed by atoms with E-state index in [0.717, 1.165) is 19.6 Å². The highest BCUT2D eigenvalue weighted by Gasteiger charge is 2.11. The minimum absolute atomic E-state index is 0.982. The zero-order chi connectivity index (χ0) is 13.5. The van der Waals surface area contributed by atoms with Gasteiger partial charge in [0.25, 0.3) is 0 Å². The average Bonchev–Trinajstić information content (AvgIpc) is 3.04. The molecule has 108 valence electrons. The molecule has 1 aliphatic rings. The van der Waals surface area contributed by atoms with Crippen LogP contribution in [-0.2, 0) is 6.54 Å². The fraction of sp³-hybridized carbons (Fsp3) is 0.714. The molecule has 19 heavy (non-hydrogen) atoms. The molecule has 5 heteroatoms. The molecule has 0 aliphatic carbocycles. The Morgan fingerprint density at radius 3 is 2.84 bits per heavy atom. The van der Waals surface area contributed by atoms with Crippen molar-refractivity contribution in [3.63, 3.8) is 0 Å². The quantitative estimate of drug-likeness (QED) is 0.730. The van der Waals surface area contributed by atoms with E-state index in [2.05, 4.69) is 49.5 Å². The lowest BCUT2D eigenvalue weighted by molar-refractivity contribution is 0.257. The van der Waals surface area contributed by atoms with Gasteiger partial charge in [0.2, 0.25) is 0 Å². The van der Waals surface area contributed by atoms with E-state index in [1.165, 1.54) is 48.4 Å². The standard InChI is InChI=1S/C14H24BrN3S/c1-17(8-9-18-5-2-3-6-18)7-4-16-11-14-10-13(15)12-19-14/h10,12,16H,2-9,11H2,1H3. The number of nitrogens with one attached hydrogen (secondary N) is 1. The van der Waals surface area contributed by atoms with E-state index in [1.54, 1.807) is 11.3 Å².